The van der Waals surface area contributed by atoms with Gasteiger partial charge in [-0.1, -0.05) is 31.3 Å². The highest BCUT2D eigenvalue weighted by Gasteiger charge is 2.23. The molecule has 114 valence electrons. The summed E-state index contributed by atoms with van der Waals surface area (Å²) in [5, 5.41) is 7.59. The average Bonchev–Trinajstić information content (AvgIpc) is 2.94. The Bertz CT molecular complexity index is 600. The Hall–Kier alpha value is -1.53. The fourth-order valence-corrected chi connectivity index (χ4v) is 3.14. The molecular weight excluding hydrogens is 289 g/mol. The quantitative estimate of drug-likeness (QED) is 0.887. The smallest absolute Gasteiger partial charge is 0.165 e. The van der Waals surface area contributed by atoms with Crippen molar-refractivity contribution in [1.29, 1.82) is 0 Å². The Labute approximate surface area is 128 Å². The zero-order valence-electron chi connectivity index (χ0n) is 12.7. The van der Waals surface area contributed by atoms with Crippen molar-refractivity contribution in [2.24, 2.45) is 0 Å². The van der Waals surface area contributed by atoms with Crippen molar-refractivity contribution in [2.75, 3.05) is 13.7 Å². The van der Waals surface area contributed by atoms with Crippen LogP contribution in [0.1, 0.15) is 48.9 Å². The lowest BCUT2D eigenvalue weighted by Gasteiger charge is -2.19. The van der Waals surface area contributed by atoms with Gasteiger partial charge in [-0.2, -0.15) is 0 Å². The van der Waals surface area contributed by atoms with E-state index < -0.39 is 0 Å². The van der Waals surface area contributed by atoms with Crippen molar-refractivity contribution < 1.29 is 9.13 Å². The molecule has 4 nitrogen and oxygen atoms in total. The van der Waals surface area contributed by atoms with Gasteiger partial charge in [-0.3, -0.25) is 0 Å². The summed E-state index contributed by atoms with van der Waals surface area (Å²) in [7, 11) is 1.46. The fraction of sp³-hybridized carbons (Fsp3) is 0.467. The van der Waals surface area contributed by atoms with Crippen LogP contribution in [0, 0.1) is 5.82 Å². The lowest BCUT2D eigenvalue weighted by molar-refractivity contribution is 0.385. The fourth-order valence-electron chi connectivity index (χ4n) is 2.23. The molecule has 1 unspecified atom stereocenters. The van der Waals surface area contributed by atoms with E-state index in [4.69, 9.17) is 4.74 Å². The Kier molecular flexibility index (Phi) is 5.25. The van der Waals surface area contributed by atoms with Gasteiger partial charge in [0.1, 0.15) is 0 Å². The Balaban J connectivity index is 2.43. The molecule has 0 aliphatic heterocycles. The molecular formula is C15H20FN3OS. The highest BCUT2D eigenvalue weighted by molar-refractivity contribution is 7.05. The van der Waals surface area contributed by atoms with Crippen LogP contribution in [0.15, 0.2) is 18.2 Å². The highest BCUT2D eigenvalue weighted by Crippen LogP contribution is 2.32. The molecule has 0 fully saturated rings. The molecule has 1 aromatic carbocycles. The van der Waals surface area contributed by atoms with E-state index >= 15 is 0 Å². The Morgan fingerprint density at radius 1 is 1.38 bits per heavy atom. The second-order valence-corrected chi connectivity index (χ2v) is 5.85. The number of rotatable bonds is 6. The first kappa shape index (κ1) is 15.9. The van der Waals surface area contributed by atoms with Crippen molar-refractivity contribution in [1.82, 2.24) is 14.9 Å². The van der Waals surface area contributed by atoms with Crippen molar-refractivity contribution >= 4 is 11.5 Å². The van der Waals surface area contributed by atoms with Gasteiger partial charge in [0.25, 0.3) is 0 Å². The second-order valence-electron chi connectivity index (χ2n) is 5.06. The SMILES string of the molecule is CCNC(c1ccc(OC)c(F)c1)c1snnc1C(C)C. The van der Waals surface area contributed by atoms with E-state index in [2.05, 4.69) is 28.8 Å². The minimum Gasteiger partial charge on any atom is -0.494 e. The van der Waals surface area contributed by atoms with Crippen LogP contribution < -0.4 is 10.1 Å². The first-order valence-electron chi connectivity index (χ1n) is 6.97. The minimum atomic E-state index is -0.360. The first-order valence-corrected chi connectivity index (χ1v) is 7.74. The number of halogens is 1. The number of nitrogens with one attached hydrogen (secondary N) is 1. The summed E-state index contributed by atoms with van der Waals surface area (Å²) in [6, 6.07) is 4.93. The van der Waals surface area contributed by atoms with Gasteiger partial charge in [0.05, 0.1) is 23.7 Å². The number of hydrogen-bond acceptors (Lipinski definition) is 5. The molecule has 1 heterocycles. The summed E-state index contributed by atoms with van der Waals surface area (Å²) < 4.78 is 23.0. The molecule has 0 aliphatic carbocycles. The summed E-state index contributed by atoms with van der Waals surface area (Å²) in [6.07, 6.45) is 0. The monoisotopic (exact) mass is 309 g/mol. The number of aromatic nitrogens is 2. The molecule has 0 bridgehead atoms. The molecule has 6 heteroatoms. The van der Waals surface area contributed by atoms with E-state index in [9.17, 15) is 4.39 Å². The minimum absolute atomic E-state index is 0.104. The molecule has 1 atom stereocenters. The van der Waals surface area contributed by atoms with Crippen molar-refractivity contribution in [2.45, 2.75) is 32.7 Å². The van der Waals surface area contributed by atoms with Crippen LogP contribution in [0.4, 0.5) is 4.39 Å². The van der Waals surface area contributed by atoms with Gasteiger partial charge in [-0.05, 0) is 41.7 Å². The van der Waals surface area contributed by atoms with Gasteiger partial charge < -0.3 is 10.1 Å². The lowest BCUT2D eigenvalue weighted by Crippen LogP contribution is -2.22. The van der Waals surface area contributed by atoms with Crippen LogP contribution in [0.2, 0.25) is 0 Å². The van der Waals surface area contributed by atoms with E-state index in [0.717, 1.165) is 22.7 Å². The number of benzene rings is 1. The van der Waals surface area contributed by atoms with Gasteiger partial charge in [-0.15, -0.1) is 5.10 Å². The average molecular weight is 309 g/mol. The molecule has 2 aromatic rings. The van der Waals surface area contributed by atoms with E-state index in [-0.39, 0.29) is 23.5 Å². The van der Waals surface area contributed by atoms with Crippen LogP contribution in [-0.4, -0.2) is 23.2 Å². The van der Waals surface area contributed by atoms with Crippen LogP contribution in [-0.2, 0) is 0 Å². The molecule has 0 saturated heterocycles. The maximum Gasteiger partial charge on any atom is 0.165 e. The summed E-state index contributed by atoms with van der Waals surface area (Å²) in [5.74, 6) is 0.171. The van der Waals surface area contributed by atoms with Crippen molar-refractivity contribution in [3.63, 3.8) is 0 Å². The molecule has 0 saturated carbocycles. The molecule has 0 spiro atoms. The number of ether oxygens (including phenoxy) is 1. The summed E-state index contributed by atoms with van der Waals surface area (Å²) in [5.41, 5.74) is 1.81. The molecule has 21 heavy (non-hydrogen) atoms. The summed E-state index contributed by atoms with van der Waals surface area (Å²) in [6.45, 7) is 6.96. The highest BCUT2D eigenvalue weighted by atomic mass is 32.1. The Morgan fingerprint density at radius 2 is 2.14 bits per heavy atom. The van der Waals surface area contributed by atoms with E-state index in [1.807, 2.05) is 13.0 Å². The lowest BCUT2D eigenvalue weighted by atomic mass is 10.00. The van der Waals surface area contributed by atoms with E-state index in [0.29, 0.717) is 0 Å². The predicted octanol–water partition coefficient (Wildman–Crippen LogP) is 3.51. The van der Waals surface area contributed by atoms with Gasteiger partial charge in [-0.25, -0.2) is 4.39 Å². The zero-order valence-corrected chi connectivity index (χ0v) is 13.5. The maximum atomic E-state index is 14.0. The van der Waals surface area contributed by atoms with Crippen molar-refractivity contribution in [3.8, 4) is 5.75 Å². The molecule has 0 amide bonds. The summed E-state index contributed by atoms with van der Waals surface area (Å²) >= 11 is 1.36. The number of methoxy groups -OCH3 is 1. The van der Waals surface area contributed by atoms with Crippen LogP contribution in [0.5, 0.6) is 5.75 Å². The van der Waals surface area contributed by atoms with E-state index in [1.54, 1.807) is 6.07 Å². The maximum absolute atomic E-state index is 14.0. The molecule has 2 rings (SSSR count). The van der Waals surface area contributed by atoms with Crippen molar-refractivity contribution in [3.05, 3.63) is 40.2 Å². The summed E-state index contributed by atoms with van der Waals surface area (Å²) in [4.78, 5) is 1.04. The molecule has 0 aliphatic rings. The first-order chi connectivity index (χ1) is 10.1. The van der Waals surface area contributed by atoms with Gasteiger partial charge in [0, 0.05) is 0 Å². The largest absolute Gasteiger partial charge is 0.494 e. The third kappa shape index (κ3) is 3.39. The zero-order chi connectivity index (χ0) is 15.4. The normalized spacial score (nSPS) is 12.7. The second kappa shape index (κ2) is 6.95. The predicted molar refractivity (Wildman–Crippen MR) is 82.5 cm³/mol. The van der Waals surface area contributed by atoms with Crippen LogP contribution in [0.25, 0.3) is 0 Å². The van der Waals surface area contributed by atoms with Crippen LogP contribution >= 0.6 is 11.5 Å². The molecule has 0 radical (unpaired) electrons. The number of nitrogens with zero attached hydrogens (tertiary/aromatic N) is 2. The van der Waals surface area contributed by atoms with E-state index in [1.165, 1.54) is 24.7 Å². The third-order valence-corrected chi connectivity index (χ3v) is 4.07. The Morgan fingerprint density at radius 3 is 2.71 bits per heavy atom. The third-order valence-electron chi connectivity index (χ3n) is 3.27. The van der Waals surface area contributed by atoms with Gasteiger partial charge in [0.15, 0.2) is 11.6 Å². The number of hydrogen-bond donors (Lipinski definition) is 1. The van der Waals surface area contributed by atoms with Gasteiger partial charge >= 0.3 is 0 Å². The molecule has 1 N–H and O–H groups in total. The topological polar surface area (TPSA) is 47.0 Å². The standard InChI is InChI=1S/C15H20FN3OS/c1-5-17-14(15-13(9(2)3)18-19-21-15)10-6-7-12(20-4)11(16)8-10/h6-9,14,17H,5H2,1-4H3. The molecule has 1 aromatic heterocycles. The van der Waals surface area contributed by atoms with Crippen LogP contribution in [0.3, 0.4) is 0 Å². The van der Waals surface area contributed by atoms with Gasteiger partial charge in [0.2, 0.25) is 0 Å².